The molecule has 0 atom stereocenters. The Hall–Kier alpha value is -2.66. The smallest absolute Gasteiger partial charge is 0.169 e. The van der Waals surface area contributed by atoms with Gasteiger partial charge in [-0.2, -0.15) is 0 Å². The molecule has 1 aliphatic rings. The van der Waals surface area contributed by atoms with Crippen molar-refractivity contribution in [3.63, 3.8) is 0 Å². The number of hydrogen-bond acceptors (Lipinski definition) is 3. The summed E-state index contributed by atoms with van der Waals surface area (Å²) in [6, 6.07) is 11.8. The van der Waals surface area contributed by atoms with E-state index in [1.54, 1.807) is 16.8 Å². The van der Waals surface area contributed by atoms with Gasteiger partial charge in [0.05, 0.1) is 27.7 Å². The maximum atomic E-state index is 13.4. The van der Waals surface area contributed by atoms with Gasteiger partial charge in [0.15, 0.2) is 11.6 Å². The lowest BCUT2D eigenvalue weighted by atomic mass is 9.76. The molecule has 4 rings (SSSR count). The van der Waals surface area contributed by atoms with E-state index in [1.807, 2.05) is 25.1 Å². The summed E-state index contributed by atoms with van der Waals surface area (Å²) < 4.78 is 15.1. The zero-order valence-electron chi connectivity index (χ0n) is 16.0. The second kappa shape index (κ2) is 6.74. The lowest BCUT2D eigenvalue weighted by Crippen LogP contribution is -2.28. The molecule has 1 aromatic heterocycles. The minimum absolute atomic E-state index is 0.0466. The number of rotatable bonds is 3. The third-order valence-electron chi connectivity index (χ3n) is 4.99. The number of carbonyl (C=O) groups excluding carboxylic acids is 1. The Morgan fingerprint density at radius 3 is 2.54 bits per heavy atom. The third-order valence-corrected chi connectivity index (χ3v) is 5.31. The summed E-state index contributed by atoms with van der Waals surface area (Å²) in [6.07, 6.45) is 1.15. The van der Waals surface area contributed by atoms with Crippen molar-refractivity contribution >= 4 is 28.9 Å². The van der Waals surface area contributed by atoms with E-state index in [2.05, 4.69) is 24.3 Å². The van der Waals surface area contributed by atoms with E-state index >= 15 is 0 Å². The van der Waals surface area contributed by atoms with Gasteiger partial charge in [-0.15, -0.1) is 5.10 Å². The molecule has 0 aliphatic heterocycles. The van der Waals surface area contributed by atoms with Crippen molar-refractivity contribution in [2.24, 2.45) is 5.41 Å². The Morgan fingerprint density at radius 2 is 1.86 bits per heavy atom. The zero-order chi connectivity index (χ0) is 20.1. The Morgan fingerprint density at radius 1 is 1.14 bits per heavy atom. The number of fused-ring (bicyclic) bond motifs is 1. The number of anilines is 2. The molecule has 0 radical (unpaired) electrons. The molecule has 0 spiro atoms. The standard InChI is InChI=1S/C22H21ClFN3O/c1-13-4-9-17(16(23)10-13)25-21-20-18(11-22(2,3)12-19(20)28)27(26-21)15-7-5-14(24)6-8-15/h4-10H,11-12H2,1-3H3,(H,25,26). The van der Waals surface area contributed by atoms with E-state index in [4.69, 9.17) is 11.6 Å². The summed E-state index contributed by atoms with van der Waals surface area (Å²) in [5, 5.41) is 8.46. The molecule has 3 aromatic rings. The van der Waals surface area contributed by atoms with Crippen molar-refractivity contribution in [1.82, 2.24) is 9.78 Å². The molecule has 0 unspecified atom stereocenters. The van der Waals surface area contributed by atoms with Crippen LogP contribution in [0.1, 0.15) is 41.9 Å². The highest BCUT2D eigenvalue weighted by atomic mass is 35.5. The number of nitrogens with zero attached hydrogens (tertiary/aromatic N) is 2. The Kier molecular flexibility index (Phi) is 4.50. The largest absolute Gasteiger partial charge is 0.337 e. The molecule has 0 bridgehead atoms. The highest BCUT2D eigenvalue weighted by Gasteiger charge is 2.37. The normalized spacial score (nSPS) is 15.4. The number of hydrogen-bond donors (Lipinski definition) is 1. The van der Waals surface area contributed by atoms with Gasteiger partial charge in [0.1, 0.15) is 5.82 Å². The summed E-state index contributed by atoms with van der Waals surface area (Å²) in [4.78, 5) is 13.0. The van der Waals surface area contributed by atoms with Crippen molar-refractivity contribution in [2.75, 3.05) is 5.32 Å². The molecule has 0 saturated carbocycles. The van der Waals surface area contributed by atoms with Gasteiger partial charge in [-0.3, -0.25) is 4.79 Å². The van der Waals surface area contributed by atoms with Crippen LogP contribution >= 0.6 is 11.6 Å². The monoisotopic (exact) mass is 397 g/mol. The van der Waals surface area contributed by atoms with Crippen molar-refractivity contribution in [1.29, 1.82) is 0 Å². The zero-order valence-corrected chi connectivity index (χ0v) is 16.8. The summed E-state index contributed by atoms with van der Waals surface area (Å²) in [5.41, 5.74) is 3.70. The van der Waals surface area contributed by atoms with Crippen LogP contribution in [0.3, 0.4) is 0 Å². The minimum atomic E-state index is -0.314. The molecule has 6 heteroatoms. The summed E-state index contributed by atoms with van der Waals surface area (Å²) >= 11 is 6.36. The molecular weight excluding hydrogens is 377 g/mol. The number of ketones is 1. The maximum absolute atomic E-state index is 13.4. The molecular formula is C22H21ClFN3O. The molecule has 0 amide bonds. The predicted molar refractivity (Wildman–Crippen MR) is 109 cm³/mol. The van der Waals surface area contributed by atoms with E-state index in [-0.39, 0.29) is 17.0 Å². The maximum Gasteiger partial charge on any atom is 0.169 e. The van der Waals surface area contributed by atoms with Crippen LogP contribution in [0.2, 0.25) is 5.02 Å². The Labute approximate surface area is 168 Å². The highest BCUT2D eigenvalue weighted by Crippen LogP contribution is 2.40. The number of Topliss-reactive ketones (excluding diaryl/α,β-unsaturated/α-hetero) is 1. The van der Waals surface area contributed by atoms with Crippen LogP contribution in [-0.2, 0) is 6.42 Å². The molecule has 1 N–H and O–H groups in total. The van der Waals surface area contributed by atoms with Crippen LogP contribution < -0.4 is 5.32 Å². The molecule has 28 heavy (non-hydrogen) atoms. The first-order valence-corrected chi connectivity index (χ1v) is 9.55. The van der Waals surface area contributed by atoms with Crippen LogP contribution in [-0.4, -0.2) is 15.6 Å². The molecule has 4 nitrogen and oxygen atoms in total. The SMILES string of the molecule is Cc1ccc(Nc2nn(-c3ccc(F)cc3)c3c2C(=O)CC(C)(C)C3)c(Cl)c1. The van der Waals surface area contributed by atoms with Crippen molar-refractivity contribution in [3.8, 4) is 5.69 Å². The fraction of sp³-hybridized carbons (Fsp3) is 0.273. The predicted octanol–water partition coefficient (Wildman–Crippen LogP) is 5.87. The molecule has 0 saturated heterocycles. The van der Waals surface area contributed by atoms with Crippen LogP contribution in [0.15, 0.2) is 42.5 Å². The quantitative estimate of drug-likeness (QED) is 0.601. The number of aromatic nitrogens is 2. The number of aryl methyl sites for hydroxylation is 1. The topological polar surface area (TPSA) is 46.9 Å². The van der Waals surface area contributed by atoms with E-state index in [9.17, 15) is 9.18 Å². The number of benzene rings is 2. The molecule has 1 heterocycles. The Balaban J connectivity index is 1.85. The number of halogens is 2. The van der Waals surface area contributed by atoms with Gasteiger partial charge in [0.2, 0.25) is 0 Å². The van der Waals surface area contributed by atoms with Gasteiger partial charge in [0.25, 0.3) is 0 Å². The van der Waals surface area contributed by atoms with Crippen LogP contribution in [0.5, 0.6) is 0 Å². The highest BCUT2D eigenvalue weighted by molar-refractivity contribution is 6.33. The lowest BCUT2D eigenvalue weighted by molar-refractivity contribution is 0.0912. The summed E-state index contributed by atoms with van der Waals surface area (Å²) in [5.74, 6) is 0.210. The first-order valence-electron chi connectivity index (χ1n) is 9.18. The fourth-order valence-electron chi connectivity index (χ4n) is 3.68. The average Bonchev–Trinajstić information content (AvgIpc) is 2.95. The first-order chi connectivity index (χ1) is 13.2. The number of carbonyl (C=O) groups is 1. The fourth-order valence-corrected chi connectivity index (χ4v) is 3.96. The van der Waals surface area contributed by atoms with E-state index in [0.29, 0.717) is 40.6 Å². The van der Waals surface area contributed by atoms with E-state index in [0.717, 1.165) is 11.3 Å². The van der Waals surface area contributed by atoms with Crippen LogP contribution in [0.25, 0.3) is 5.69 Å². The second-order valence-electron chi connectivity index (χ2n) is 8.11. The third kappa shape index (κ3) is 3.42. The molecule has 2 aromatic carbocycles. The van der Waals surface area contributed by atoms with Gasteiger partial charge in [0, 0.05) is 6.42 Å². The van der Waals surface area contributed by atoms with E-state index in [1.165, 1.54) is 12.1 Å². The lowest BCUT2D eigenvalue weighted by Gasteiger charge is -2.29. The van der Waals surface area contributed by atoms with Crippen LogP contribution in [0.4, 0.5) is 15.9 Å². The average molecular weight is 398 g/mol. The number of nitrogens with one attached hydrogen (secondary N) is 1. The summed E-state index contributed by atoms with van der Waals surface area (Å²) in [6.45, 7) is 6.10. The molecule has 1 aliphatic carbocycles. The van der Waals surface area contributed by atoms with Crippen molar-refractivity contribution < 1.29 is 9.18 Å². The van der Waals surface area contributed by atoms with Crippen molar-refractivity contribution in [3.05, 3.63) is 70.1 Å². The minimum Gasteiger partial charge on any atom is -0.337 e. The van der Waals surface area contributed by atoms with Gasteiger partial charge >= 0.3 is 0 Å². The Bertz CT molecular complexity index is 1070. The molecule has 0 fully saturated rings. The second-order valence-corrected chi connectivity index (χ2v) is 8.51. The van der Waals surface area contributed by atoms with Gasteiger partial charge in [-0.05, 0) is 60.7 Å². The van der Waals surface area contributed by atoms with Gasteiger partial charge in [-0.25, -0.2) is 9.07 Å². The molecule has 144 valence electrons. The summed E-state index contributed by atoms with van der Waals surface area (Å²) in [7, 11) is 0. The van der Waals surface area contributed by atoms with Gasteiger partial charge < -0.3 is 5.32 Å². The first kappa shape index (κ1) is 18.7. The van der Waals surface area contributed by atoms with Crippen LogP contribution in [0, 0.1) is 18.2 Å². The van der Waals surface area contributed by atoms with E-state index < -0.39 is 0 Å². The van der Waals surface area contributed by atoms with Crippen molar-refractivity contribution in [2.45, 2.75) is 33.6 Å². The van der Waals surface area contributed by atoms with Gasteiger partial charge in [-0.1, -0.05) is 31.5 Å².